The number of amides is 8. The number of nitrogens with zero attached hydrogens (tertiary/aromatic N) is 4. The number of carboxylic acid groups (broad SMARTS) is 1. The Morgan fingerprint density at radius 3 is 1.98 bits per heavy atom. The molecule has 3 heterocycles. The van der Waals surface area contributed by atoms with Crippen LogP contribution in [0.15, 0.2) is 60.7 Å². The van der Waals surface area contributed by atoms with E-state index in [4.69, 9.17) is 28.4 Å². The first-order valence-electron chi connectivity index (χ1n) is 38.2. The van der Waals surface area contributed by atoms with Crippen LogP contribution in [0.1, 0.15) is 183 Å². The first kappa shape index (κ1) is 90.8. The summed E-state index contributed by atoms with van der Waals surface area (Å²) in [7, 11) is 7.65. The Kier molecular flexibility index (Phi) is 38.2. The minimum absolute atomic E-state index is 0.00147. The van der Waals surface area contributed by atoms with E-state index in [1.54, 1.807) is 37.6 Å². The van der Waals surface area contributed by atoms with Gasteiger partial charge in [-0.25, -0.2) is 4.79 Å². The van der Waals surface area contributed by atoms with Crippen LogP contribution in [0.4, 0.5) is 5.69 Å². The number of carboxylic acids is 1. The van der Waals surface area contributed by atoms with Crippen LogP contribution in [0.25, 0.3) is 0 Å². The van der Waals surface area contributed by atoms with Gasteiger partial charge in [-0.15, -0.1) is 0 Å². The molecule has 108 heavy (non-hydrogen) atoms. The number of Topliss-reactive ketones (excluding diaryl/α,β-unsaturated/α-hetero) is 2. The summed E-state index contributed by atoms with van der Waals surface area (Å²) in [4.78, 5) is 154. The van der Waals surface area contributed by atoms with Crippen LogP contribution in [-0.4, -0.2) is 245 Å². The van der Waals surface area contributed by atoms with Gasteiger partial charge in [0.15, 0.2) is 18.5 Å². The number of likely N-dealkylation sites (tertiary alicyclic amines) is 1. The number of aliphatic hydroxyl groups excluding tert-OH is 4. The van der Waals surface area contributed by atoms with Crippen molar-refractivity contribution >= 4 is 70.5 Å². The van der Waals surface area contributed by atoms with Crippen LogP contribution in [0.5, 0.6) is 11.5 Å². The van der Waals surface area contributed by atoms with Gasteiger partial charge in [-0.05, 0) is 99.2 Å². The van der Waals surface area contributed by atoms with Gasteiger partial charge in [0.25, 0.3) is 17.7 Å². The first-order chi connectivity index (χ1) is 51.3. The molecule has 0 aromatic heterocycles. The highest BCUT2D eigenvalue weighted by molar-refractivity contribution is 6.12. The molecule has 0 spiro atoms. The number of likely N-dealkylation sites (N-methyl/N-ethyl adjacent to an activating group) is 2. The topological polar surface area (TPSA) is 393 Å². The molecule has 8 amide bonds. The molecular formula is C79H121N7O22. The zero-order chi connectivity index (χ0) is 80.1. The molecule has 0 aliphatic carbocycles. The molecule has 0 unspecified atom stereocenters. The fourth-order valence-electron chi connectivity index (χ4n) is 14.5. The maximum Gasteiger partial charge on any atom is 0.335 e. The molecule has 0 radical (unpaired) electrons. The van der Waals surface area contributed by atoms with Crippen LogP contribution < -0.4 is 25.4 Å². The Bertz CT molecular complexity index is 3280. The van der Waals surface area contributed by atoms with Crippen molar-refractivity contribution in [3.8, 4) is 11.5 Å². The molecule has 3 aliphatic rings. The molecule has 0 saturated carbocycles. The lowest BCUT2D eigenvalue weighted by molar-refractivity contribution is -0.271. The Morgan fingerprint density at radius 1 is 0.704 bits per heavy atom. The summed E-state index contributed by atoms with van der Waals surface area (Å²) in [6.45, 7) is 15.5. The standard InChI is InChI=1S/C79H121N7O22/c1-14-49(6)70(61(104-12)45-67(94)85-40-25-30-57(85)75(105-13)51(8)58(87)42-50(7)71(96)52-26-17-15-18-27-52)84(10)77(100)55(47(2)3)44-59(88)69(48(4)5)83(9)68(95)46-106-54-33-34-60(107-79-74(99)72(97)73(98)76(108-79)78(101)102)56(43-54)82-64(91)32-21-20-28-53(29-22-23-38-80-62(89)37-41-103-11)81-63(90)31-19-16-24-39-86-65(92)35-36-66(86)93/h15,17-18,26-27,33-36,43,47-51,53,55,57,61,69-76,79,96-99H,14,16,19-25,28-32,37-42,44-46H2,1-13H3,(H,80,89)(H,81,90)(H,82,91)(H,101,102)/t49-,50-,51-,53+,55-,57-,61+,69-,70-,71+,72-,73-,74+,75+,76-,79+/m0/s1. The number of rotatable bonds is 49. The number of anilines is 1. The molecule has 0 bridgehead atoms. The summed E-state index contributed by atoms with van der Waals surface area (Å²) < 4.78 is 34.5. The molecule has 2 fully saturated rings. The second kappa shape index (κ2) is 45.4. The maximum atomic E-state index is 15.0. The Labute approximate surface area is 635 Å². The SMILES string of the molecule is CC[C@H](C)[C@@H]([C@@H](CC(=O)N1CCC[C@H]1[C@H](OC)[C@@H](C)C(=O)C[C@H](C)[C@@H](O)c1ccccc1)OC)N(C)C(=O)[C@@H](CC(=O)[C@H](C(C)C)N(C)C(=O)COc1ccc(O[C@@H]2O[C@H](C(=O)O)[C@@H](O)[C@H](O)[C@H]2O)c(NC(=O)CCCC[C@H](CCCCNC(=O)CCOC)NC(=O)CCCCCN2C(=O)C=CC2=O)c1)C(C)C. The number of nitrogens with one attached hydrogen (secondary N) is 3. The normalized spacial score (nSPS) is 20.7. The van der Waals surface area contributed by atoms with Crippen LogP contribution in [0.2, 0.25) is 0 Å². The second-order valence-electron chi connectivity index (χ2n) is 29.7. The zero-order valence-electron chi connectivity index (χ0n) is 65.4. The third-order valence-electron chi connectivity index (χ3n) is 21.1. The molecule has 604 valence electrons. The van der Waals surface area contributed by atoms with E-state index in [2.05, 4.69) is 16.0 Å². The Morgan fingerprint density at radius 2 is 1.36 bits per heavy atom. The van der Waals surface area contributed by atoms with E-state index >= 15 is 4.79 Å². The van der Waals surface area contributed by atoms with Gasteiger partial charge in [-0.3, -0.25) is 52.8 Å². The number of ketones is 2. The molecule has 3 aliphatic heterocycles. The van der Waals surface area contributed by atoms with Gasteiger partial charge in [0.05, 0.1) is 55.2 Å². The summed E-state index contributed by atoms with van der Waals surface area (Å²) in [5, 5.41) is 61.5. The highest BCUT2D eigenvalue weighted by Gasteiger charge is 2.49. The van der Waals surface area contributed by atoms with Gasteiger partial charge in [0.1, 0.15) is 35.6 Å². The Balaban J connectivity index is 1.26. The number of methoxy groups -OCH3 is 3. The van der Waals surface area contributed by atoms with E-state index in [0.29, 0.717) is 95.7 Å². The summed E-state index contributed by atoms with van der Waals surface area (Å²) >= 11 is 0. The van der Waals surface area contributed by atoms with Crippen molar-refractivity contribution < 1.29 is 107 Å². The molecule has 16 atom stereocenters. The van der Waals surface area contributed by atoms with Crippen molar-refractivity contribution in [1.29, 1.82) is 0 Å². The van der Waals surface area contributed by atoms with Gasteiger partial charge in [-0.2, -0.15) is 0 Å². The summed E-state index contributed by atoms with van der Waals surface area (Å²) in [6.07, 6.45) is -2.99. The van der Waals surface area contributed by atoms with Crippen LogP contribution in [-0.2, 0) is 71.7 Å². The highest BCUT2D eigenvalue weighted by atomic mass is 16.7. The number of carbonyl (C=O) groups excluding carboxylic acids is 10. The predicted molar refractivity (Wildman–Crippen MR) is 399 cm³/mol. The second-order valence-corrected chi connectivity index (χ2v) is 29.7. The molecule has 2 aromatic rings. The van der Waals surface area contributed by atoms with E-state index in [1.165, 1.54) is 63.6 Å². The lowest BCUT2D eigenvalue weighted by Crippen LogP contribution is -2.61. The lowest BCUT2D eigenvalue weighted by atomic mass is 9.83. The number of hydrogen-bond acceptors (Lipinski definition) is 21. The molecular weight excluding hydrogens is 1400 g/mol. The third-order valence-corrected chi connectivity index (χ3v) is 21.1. The van der Waals surface area contributed by atoms with E-state index in [1.807, 2.05) is 65.0 Å². The van der Waals surface area contributed by atoms with Crippen LogP contribution >= 0.6 is 0 Å². The number of aliphatic carboxylic acids is 1. The van der Waals surface area contributed by atoms with Crippen LogP contribution in [0, 0.1) is 35.5 Å². The van der Waals surface area contributed by atoms with Crippen LogP contribution in [0.3, 0.4) is 0 Å². The van der Waals surface area contributed by atoms with Crippen molar-refractivity contribution in [1.82, 2.24) is 30.2 Å². The number of imide groups is 1. The number of carbonyl (C=O) groups is 11. The largest absolute Gasteiger partial charge is 0.484 e. The third kappa shape index (κ3) is 26.8. The van der Waals surface area contributed by atoms with Gasteiger partial charge in [0, 0.05) is 123 Å². The quantitative estimate of drug-likeness (QED) is 0.0274. The summed E-state index contributed by atoms with van der Waals surface area (Å²) in [5.74, 6) is -8.04. The average molecular weight is 1520 g/mol. The molecule has 2 saturated heterocycles. The van der Waals surface area contributed by atoms with Crippen molar-refractivity contribution in [3.63, 3.8) is 0 Å². The number of unbranched alkanes of at least 4 members (excludes halogenated alkanes) is 4. The number of ether oxygens (including phenoxy) is 6. The molecule has 5 rings (SSSR count). The van der Waals surface area contributed by atoms with Gasteiger partial charge < -0.3 is 84.6 Å². The van der Waals surface area contributed by atoms with Gasteiger partial charge >= 0.3 is 5.97 Å². The lowest BCUT2D eigenvalue weighted by Gasteiger charge is -2.41. The smallest absolute Gasteiger partial charge is 0.335 e. The summed E-state index contributed by atoms with van der Waals surface area (Å²) in [5.41, 5.74) is 0.618. The van der Waals surface area contributed by atoms with Gasteiger partial charge in [-0.1, -0.05) is 105 Å². The van der Waals surface area contributed by atoms with Crippen molar-refractivity contribution in [2.24, 2.45) is 35.5 Å². The van der Waals surface area contributed by atoms with E-state index < -0.39 is 115 Å². The van der Waals surface area contributed by atoms with Crippen molar-refractivity contribution in [2.75, 3.05) is 73.6 Å². The fraction of sp³-hybridized carbons (Fsp3) is 0.684. The van der Waals surface area contributed by atoms with Gasteiger partial charge in [0.2, 0.25) is 35.8 Å². The monoisotopic (exact) mass is 1520 g/mol. The number of hydrogen-bond donors (Lipinski definition) is 8. The summed E-state index contributed by atoms with van der Waals surface area (Å²) in [6, 6.07) is 10.7. The number of benzene rings is 2. The zero-order valence-corrected chi connectivity index (χ0v) is 65.4. The minimum atomic E-state index is -2.03. The van der Waals surface area contributed by atoms with Crippen molar-refractivity contribution in [2.45, 2.75) is 244 Å². The fourth-order valence-corrected chi connectivity index (χ4v) is 14.5. The van der Waals surface area contributed by atoms with E-state index in [0.717, 1.165) is 4.90 Å². The van der Waals surface area contributed by atoms with E-state index in [-0.39, 0.29) is 134 Å². The maximum absolute atomic E-state index is 15.0. The molecule has 29 heteroatoms. The molecule has 8 N–H and O–H groups in total. The highest BCUT2D eigenvalue weighted by Crippen LogP contribution is 2.36. The average Bonchev–Trinajstić information content (AvgIpc) is 1.07. The Hall–Kier alpha value is -7.77. The molecule has 29 nitrogen and oxygen atoms in total. The number of aliphatic hydroxyl groups is 4. The first-order valence-corrected chi connectivity index (χ1v) is 38.2. The van der Waals surface area contributed by atoms with E-state index in [9.17, 15) is 73.5 Å². The predicted octanol–water partition coefficient (Wildman–Crippen LogP) is 6.09. The molecule has 2 aromatic carbocycles. The van der Waals surface area contributed by atoms with Crippen molar-refractivity contribution in [3.05, 3.63) is 66.2 Å². The minimum Gasteiger partial charge on any atom is -0.484 e.